The van der Waals surface area contributed by atoms with Crippen molar-refractivity contribution in [3.63, 3.8) is 0 Å². The summed E-state index contributed by atoms with van der Waals surface area (Å²) in [5.74, 6) is -0.287. The zero-order valence-electron chi connectivity index (χ0n) is 14.2. The van der Waals surface area contributed by atoms with Crippen molar-refractivity contribution < 1.29 is 13.2 Å². The maximum absolute atomic E-state index is 12.3. The molecule has 1 atom stereocenters. The molecule has 0 aliphatic heterocycles. The number of aryl methyl sites for hydroxylation is 3. The van der Waals surface area contributed by atoms with Gasteiger partial charge in [-0.25, -0.2) is 8.42 Å². The Kier molecular flexibility index (Phi) is 5.77. The fraction of sp³-hybridized carbons (Fsp3) is 0.412. The first-order valence-electron chi connectivity index (χ1n) is 7.76. The zero-order chi connectivity index (χ0) is 17.7. The van der Waals surface area contributed by atoms with Crippen molar-refractivity contribution >= 4 is 15.7 Å². The Morgan fingerprint density at radius 1 is 1.29 bits per heavy atom. The van der Waals surface area contributed by atoms with Crippen molar-refractivity contribution in [2.75, 3.05) is 12.0 Å². The summed E-state index contributed by atoms with van der Waals surface area (Å²) in [6, 6.07) is 8.62. The molecule has 6 nitrogen and oxygen atoms in total. The Morgan fingerprint density at radius 3 is 2.50 bits per heavy atom. The minimum Gasteiger partial charge on any atom is -0.348 e. The minimum absolute atomic E-state index is 0.116. The van der Waals surface area contributed by atoms with E-state index in [2.05, 4.69) is 10.4 Å². The highest BCUT2D eigenvalue weighted by atomic mass is 32.2. The summed E-state index contributed by atoms with van der Waals surface area (Å²) in [7, 11) is -1.37. The Bertz CT molecular complexity index is 798. The number of nitrogens with zero attached hydrogens (tertiary/aromatic N) is 2. The lowest BCUT2D eigenvalue weighted by atomic mass is 10.1. The van der Waals surface area contributed by atoms with E-state index in [1.807, 2.05) is 50.5 Å². The van der Waals surface area contributed by atoms with Gasteiger partial charge in [0, 0.05) is 25.9 Å². The average molecular weight is 349 g/mol. The molecule has 0 spiro atoms. The average Bonchev–Trinajstić information content (AvgIpc) is 2.82. The number of sulfone groups is 1. The van der Waals surface area contributed by atoms with Crippen LogP contribution in [0, 0.1) is 6.92 Å². The standard InChI is InChI=1S/C17H23N3O3S/c1-13-15(11-20(2)19-13)9-10-17(21)18-16(12-24(3,22)23)14-7-5-4-6-8-14/h4-8,11,16H,9-10,12H2,1-3H3,(H,18,21)/t16-/m1/s1. The molecule has 130 valence electrons. The first kappa shape index (κ1) is 18.2. The molecular weight excluding hydrogens is 326 g/mol. The molecule has 2 rings (SSSR count). The van der Waals surface area contributed by atoms with Gasteiger partial charge in [-0.05, 0) is 24.5 Å². The summed E-state index contributed by atoms with van der Waals surface area (Å²) in [5.41, 5.74) is 2.71. The number of carbonyl (C=O) groups is 1. The van der Waals surface area contributed by atoms with Crippen molar-refractivity contribution in [3.05, 3.63) is 53.3 Å². The lowest BCUT2D eigenvalue weighted by Crippen LogP contribution is -2.33. The Hall–Kier alpha value is -2.15. The van der Waals surface area contributed by atoms with Gasteiger partial charge in [0.25, 0.3) is 0 Å². The molecular formula is C17H23N3O3S. The zero-order valence-corrected chi connectivity index (χ0v) is 15.0. The summed E-state index contributed by atoms with van der Waals surface area (Å²) in [6.45, 7) is 1.91. The molecule has 24 heavy (non-hydrogen) atoms. The Labute approximate surface area is 142 Å². The lowest BCUT2D eigenvalue weighted by molar-refractivity contribution is -0.121. The first-order valence-corrected chi connectivity index (χ1v) is 9.82. The van der Waals surface area contributed by atoms with E-state index in [4.69, 9.17) is 0 Å². The number of hydrogen-bond acceptors (Lipinski definition) is 4. The smallest absolute Gasteiger partial charge is 0.220 e. The van der Waals surface area contributed by atoms with E-state index >= 15 is 0 Å². The van der Waals surface area contributed by atoms with Crippen LogP contribution in [0.3, 0.4) is 0 Å². The highest BCUT2D eigenvalue weighted by Crippen LogP contribution is 2.15. The molecule has 2 aromatic rings. The number of nitrogens with one attached hydrogen (secondary N) is 1. The minimum atomic E-state index is -3.22. The summed E-state index contributed by atoms with van der Waals surface area (Å²) in [4.78, 5) is 12.3. The van der Waals surface area contributed by atoms with Gasteiger partial charge in [0.05, 0.1) is 17.5 Å². The normalized spacial score (nSPS) is 12.8. The maximum atomic E-state index is 12.3. The van der Waals surface area contributed by atoms with Crippen LogP contribution < -0.4 is 5.32 Å². The number of benzene rings is 1. The fourth-order valence-electron chi connectivity index (χ4n) is 2.62. The third kappa shape index (κ3) is 5.49. The third-order valence-corrected chi connectivity index (χ3v) is 4.68. The molecule has 0 saturated heterocycles. The van der Waals surface area contributed by atoms with E-state index in [0.717, 1.165) is 16.8 Å². The van der Waals surface area contributed by atoms with E-state index in [1.54, 1.807) is 4.68 Å². The number of amides is 1. The predicted molar refractivity (Wildman–Crippen MR) is 93.3 cm³/mol. The predicted octanol–water partition coefficient (Wildman–Crippen LogP) is 1.56. The molecule has 1 aromatic carbocycles. The fourth-order valence-corrected chi connectivity index (χ4v) is 3.50. The van der Waals surface area contributed by atoms with Gasteiger partial charge in [0.2, 0.25) is 5.91 Å². The molecule has 1 aromatic heterocycles. The monoisotopic (exact) mass is 349 g/mol. The number of carbonyl (C=O) groups excluding carboxylic acids is 1. The van der Waals surface area contributed by atoms with Crippen molar-refractivity contribution in [2.24, 2.45) is 7.05 Å². The molecule has 0 radical (unpaired) electrons. The largest absolute Gasteiger partial charge is 0.348 e. The van der Waals surface area contributed by atoms with Gasteiger partial charge >= 0.3 is 0 Å². The van der Waals surface area contributed by atoms with E-state index in [1.165, 1.54) is 6.26 Å². The van der Waals surface area contributed by atoms with E-state index < -0.39 is 15.9 Å². The molecule has 1 heterocycles. The van der Waals surface area contributed by atoms with Crippen LogP contribution in [-0.2, 0) is 28.1 Å². The van der Waals surface area contributed by atoms with E-state index in [0.29, 0.717) is 12.8 Å². The van der Waals surface area contributed by atoms with Crippen molar-refractivity contribution in [1.29, 1.82) is 0 Å². The maximum Gasteiger partial charge on any atom is 0.220 e. The second-order valence-corrected chi connectivity index (χ2v) is 8.22. The van der Waals surface area contributed by atoms with E-state index in [-0.39, 0.29) is 11.7 Å². The van der Waals surface area contributed by atoms with Gasteiger partial charge in [-0.1, -0.05) is 30.3 Å². The van der Waals surface area contributed by atoms with Crippen LogP contribution in [0.1, 0.15) is 29.3 Å². The van der Waals surface area contributed by atoms with Gasteiger partial charge < -0.3 is 5.32 Å². The van der Waals surface area contributed by atoms with Crippen LogP contribution in [-0.4, -0.2) is 36.1 Å². The summed E-state index contributed by atoms with van der Waals surface area (Å²) < 4.78 is 25.0. The SMILES string of the molecule is Cc1nn(C)cc1CCC(=O)N[C@H](CS(C)(=O)=O)c1ccccc1. The first-order chi connectivity index (χ1) is 11.2. The molecule has 1 N–H and O–H groups in total. The second-order valence-electron chi connectivity index (χ2n) is 6.04. The summed E-state index contributed by atoms with van der Waals surface area (Å²) in [6.07, 6.45) is 3.94. The molecule has 0 saturated carbocycles. The van der Waals surface area contributed by atoms with Gasteiger partial charge in [-0.3, -0.25) is 9.48 Å². The molecule has 0 unspecified atom stereocenters. The van der Waals surface area contributed by atoms with Crippen LogP contribution in [0.25, 0.3) is 0 Å². The third-order valence-electron chi connectivity index (χ3n) is 3.74. The van der Waals surface area contributed by atoms with Crippen molar-refractivity contribution in [2.45, 2.75) is 25.8 Å². The van der Waals surface area contributed by atoms with Crippen LogP contribution in [0.2, 0.25) is 0 Å². The molecule has 0 aliphatic carbocycles. The number of aromatic nitrogens is 2. The Morgan fingerprint density at radius 2 is 1.96 bits per heavy atom. The molecule has 1 amide bonds. The van der Waals surface area contributed by atoms with Gasteiger partial charge in [0.1, 0.15) is 9.84 Å². The Balaban J connectivity index is 2.03. The second kappa shape index (κ2) is 7.61. The number of hydrogen-bond donors (Lipinski definition) is 1. The van der Waals surface area contributed by atoms with Gasteiger partial charge in [-0.15, -0.1) is 0 Å². The van der Waals surface area contributed by atoms with Crippen molar-refractivity contribution in [3.8, 4) is 0 Å². The topological polar surface area (TPSA) is 81.1 Å². The number of rotatable bonds is 7. The molecule has 0 fully saturated rings. The summed E-state index contributed by atoms with van der Waals surface area (Å²) >= 11 is 0. The highest BCUT2D eigenvalue weighted by molar-refractivity contribution is 7.90. The van der Waals surface area contributed by atoms with Crippen LogP contribution >= 0.6 is 0 Å². The molecule has 0 aliphatic rings. The molecule has 7 heteroatoms. The van der Waals surface area contributed by atoms with Gasteiger partial charge in [-0.2, -0.15) is 5.10 Å². The van der Waals surface area contributed by atoms with Crippen LogP contribution in [0.15, 0.2) is 36.5 Å². The highest BCUT2D eigenvalue weighted by Gasteiger charge is 2.19. The van der Waals surface area contributed by atoms with Crippen molar-refractivity contribution in [1.82, 2.24) is 15.1 Å². The van der Waals surface area contributed by atoms with E-state index in [9.17, 15) is 13.2 Å². The summed E-state index contributed by atoms with van der Waals surface area (Å²) in [5, 5.41) is 7.09. The van der Waals surface area contributed by atoms with Crippen LogP contribution in [0.4, 0.5) is 0 Å². The van der Waals surface area contributed by atoms with Crippen LogP contribution in [0.5, 0.6) is 0 Å². The molecule has 0 bridgehead atoms. The lowest BCUT2D eigenvalue weighted by Gasteiger charge is -2.18. The van der Waals surface area contributed by atoms with Gasteiger partial charge in [0.15, 0.2) is 0 Å². The quantitative estimate of drug-likeness (QED) is 0.822.